The number of ether oxygens (including phenoxy) is 5. The molecule has 2 atom stereocenters. The van der Waals surface area contributed by atoms with Crippen molar-refractivity contribution in [1.82, 2.24) is 19.7 Å². The molecule has 4 aromatic carbocycles. The van der Waals surface area contributed by atoms with Crippen molar-refractivity contribution in [2.45, 2.75) is 84.2 Å². The number of phenols is 1. The van der Waals surface area contributed by atoms with Gasteiger partial charge in [0.1, 0.15) is 22.9 Å². The first-order valence-corrected chi connectivity index (χ1v) is 26.4. The number of nitrogens with two attached hydrogens (primary N) is 1. The van der Waals surface area contributed by atoms with Gasteiger partial charge in [-0.2, -0.15) is 23.1 Å². The van der Waals surface area contributed by atoms with Crippen molar-refractivity contribution in [1.29, 1.82) is 0 Å². The summed E-state index contributed by atoms with van der Waals surface area (Å²) in [6, 6.07) is 8.70. The summed E-state index contributed by atoms with van der Waals surface area (Å²) in [6.45, 7) is 12.0. The lowest BCUT2D eigenvalue weighted by Gasteiger charge is -2.22. The predicted molar refractivity (Wildman–Crippen MR) is 299 cm³/mol. The Hall–Kier alpha value is -10.5. The Morgan fingerprint density at radius 3 is 1.64 bits per heavy atom. The second kappa shape index (κ2) is 32.6. The lowest BCUT2D eigenvalue weighted by molar-refractivity contribution is -0.395. The second-order valence-electron chi connectivity index (χ2n) is 17.2. The number of carbonyl (C=O) groups excluding carboxylic acids is 2. The van der Waals surface area contributed by atoms with E-state index in [1.165, 1.54) is 56.6 Å². The number of anilines is 3. The minimum absolute atomic E-state index is 0.0725. The Kier molecular flexibility index (Phi) is 27.2. The van der Waals surface area contributed by atoms with Gasteiger partial charge in [-0.1, -0.05) is 39.8 Å². The minimum atomic E-state index is -5.04. The van der Waals surface area contributed by atoms with Crippen LogP contribution in [-0.2, 0) is 25.7 Å². The molecule has 0 fully saturated rings. The average Bonchev–Trinajstić information content (AvgIpc) is 0.980. The number of aromatic hydroxyl groups is 1. The van der Waals surface area contributed by atoms with Crippen LogP contribution in [0.2, 0.25) is 0 Å². The molecule has 474 valence electrons. The molecule has 5 rings (SSSR count). The molecule has 5 aromatic rings. The molecule has 2 amide bonds. The van der Waals surface area contributed by atoms with E-state index in [1.807, 2.05) is 18.6 Å². The van der Waals surface area contributed by atoms with E-state index < -0.39 is 109 Å². The van der Waals surface area contributed by atoms with Crippen molar-refractivity contribution in [2.75, 3.05) is 63.6 Å². The third-order valence-corrected chi connectivity index (χ3v) is 13.1. The van der Waals surface area contributed by atoms with E-state index in [9.17, 15) is 97.0 Å². The van der Waals surface area contributed by atoms with Gasteiger partial charge >= 0.3 is 47.3 Å². The lowest BCUT2D eigenvalue weighted by Crippen LogP contribution is -2.35. The third-order valence-electron chi connectivity index (χ3n) is 11.7. The number of non-ortho nitro benzene ring substituents is 2. The summed E-state index contributed by atoms with van der Waals surface area (Å²) in [7, 11) is -0.133. The number of aromatic nitrogens is 3. The van der Waals surface area contributed by atoms with E-state index in [1.54, 1.807) is 33.8 Å². The van der Waals surface area contributed by atoms with Crippen LogP contribution in [0, 0.1) is 60.7 Å². The van der Waals surface area contributed by atoms with Gasteiger partial charge in [-0.3, -0.25) is 70.8 Å². The molecule has 0 saturated heterocycles. The number of nitrogen functional groups attached to an aromatic ring is 1. The van der Waals surface area contributed by atoms with Gasteiger partial charge in [-0.15, -0.1) is 4.98 Å². The molecule has 0 aliphatic heterocycles. The maximum Gasteiger partial charge on any atom is 0.418 e. The number of nitrogens with one attached hydrogen (secondary N) is 2. The van der Waals surface area contributed by atoms with Gasteiger partial charge in [0.25, 0.3) is 27.1 Å². The summed E-state index contributed by atoms with van der Waals surface area (Å²) < 4.78 is 90.5. The molecule has 39 heteroatoms. The van der Waals surface area contributed by atoms with Crippen molar-refractivity contribution in [3.8, 4) is 29.3 Å². The Morgan fingerprint density at radius 1 is 0.713 bits per heavy atom. The van der Waals surface area contributed by atoms with Gasteiger partial charge in [-0.25, -0.2) is 17.9 Å². The highest BCUT2D eigenvalue weighted by molar-refractivity contribution is 7.90. The molecule has 87 heavy (non-hydrogen) atoms. The number of nitro benzene ring substituents is 6. The minimum Gasteiger partial charge on any atom is -0.502 e. The van der Waals surface area contributed by atoms with Crippen molar-refractivity contribution >= 4 is 73.5 Å². The van der Waals surface area contributed by atoms with Crippen LogP contribution in [0.25, 0.3) is 0 Å². The zero-order valence-electron chi connectivity index (χ0n) is 47.7. The number of nitrogens with zero attached hydrogens (tertiary/aromatic N) is 10. The van der Waals surface area contributed by atoms with E-state index in [4.69, 9.17) is 29.4 Å². The van der Waals surface area contributed by atoms with Crippen molar-refractivity contribution < 1.29 is 89.5 Å². The van der Waals surface area contributed by atoms with Crippen LogP contribution in [-0.4, -0.2) is 118 Å². The molecule has 5 N–H and O–H groups in total. The van der Waals surface area contributed by atoms with Crippen LogP contribution in [0.5, 0.6) is 29.3 Å². The van der Waals surface area contributed by atoms with E-state index in [0.29, 0.717) is 12.8 Å². The molecular weight excluding hydrogens is 1200 g/mol. The van der Waals surface area contributed by atoms with Crippen LogP contribution in [0.4, 0.5) is 69.4 Å². The van der Waals surface area contributed by atoms with Crippen LogP contribution >= 0.6 is 0 Å². The summed E-state index contributed by atoms with van der Waals surface area (Å²) in [5.41, 5.74) is -1.57. The quantitative estimate of drug-likeness (QED) is 0.0118. The number of amides is 2. The fraction of sp³-hybridized carbons (Fsp3) is 0.396. The largest absolute Gasteiger partial charge is 0.502 e. The van der Waals surface area contributed by atoms with Crippen LogP contribution in [0.15, 0.2) is 59.5 Å². The van der Waals surface area contributed by atoms with Gasteiger partial charge in [-0.05, 0) is 50.7 Å². The van der Waals surface area contributed by atoms with Gasteiger partial charge in [0, 0.05) is 56.4 Å². The highest BCUT2D eigenvalue weighted by Gasteiger charge is 2.43. The molecule has 1 heterocycles. The Labute approximate surface area is 490 Å². The van der Waals surface area contributed by atoms with Crippen molar-refractivity contribution in [2.24, 2.45) is 0 Å². The number of hydrogen-bond donors (Lipinski definition) is 4. The number of urea groups is 1. The number of alkyl halides is 3. The van der Waals surface area contributed by atoms with Crippen molar-refractivity contribution in [3.63, 3.8) is 0 Å². The number of benzene rings is 4. The molecule has 0 aliphatic rings. The molecule has 0 bridgehead atoms. The van der Waals surface area contributed by atoms with Gasteiger partial charge < -0.3 is 39.4 Å². The normalized spacial score (nSPS) is 11.4. The van der Waals surface area contributed by atoms with Gasteiger partial charge in [0.15, 0.2) is 11.4 Å². The summed E-state index contributed by atoms with van der Waals surface area (Å²) in [5.74, 6) is -2.02. The fourth-order valence-electron chi connectivity index (χ4n) is 7.14. The maximum atomic E-state index is 12.9. The van der Waals surface area contributed by atoms with Gasteiger partial charge in [0.2, 0.25) is 11.7 Å². The third kappa shape index (κ3) is 20.1. The molecular formula is C48H58F3N13O22S. The van der Waals surface area contributed by atoms with Crippen LogP contribution in [0.1, 0.15) is 89.8 Å². The first-order valence-electron chi connectivity index (χ1n) is 24.9. The number of halogens is 3. The second-order valence-corrected chi connectivity index (χ2v) is 18.9. The number of methoxy groups -OCH3 is 3. The number of nitro groups is 6. The summed E-state index contributed by atoms with van der Waals surface area (Å²) in [6.07, 6.45) is -3.83. The van der Waals surface area contributed by atoms with Gasteiger partial charge in [0.05, 0.1) is 68.1 Å². The highest BCUT2D eigenvalue weighted by Crippen LogP contribution is 2.48. The standard InChI is InChI=1S/C15H19N5O7S.C12H14N2O6.C11H13F3N4O4.C10H12N2O5/c1-24-8-9-27-10-6-4-5-7-11(10)28(22,23)20-13(21)16-12-17-14(25-2)19-15(18-12)26-3;1-4-7(2)10-5-9(13(16)17)6-11(14(18)19)12(10)20-8(3)15;1-3-16(4-2)9-7(17(19)20)5-6(11(12,13)14)8(15)10(9)18(21)22;1-3-6(2)8-4-7(11(14)15)5-9(10(8)13)12(16)17/h4-7H,8-9H2,1-3H3,(H2,16,17,18,19,20,21);5-7H,4H2,1-3H3;5H,3-4,15H2,1-2H3;4-6,13H,3H2,1-2H3. The Balaban J connectivity index is 0.000000402. The topological polar surface area (TPSA) is 485 Å². The molecule has 1 aromatic heterocycles. The number of para-hydroxylation sites is 1. The van der Waals surface area contributed by atoms with Crippen LogP contribution < -0.4 is 39.6 Å². The Morgan fingerprint density at radius 2 is 1.21 bits per heavy atom. The Bertz CT molecular complexity index is 3450. The number of rotatable bonds is 23. The van der Waals surface area contributed by atoms with E-state index in [2.05, 4.69) is 20.3 Å². The average molecular weight is 1260 g/mol. The van der Waals surface area contributed by atoms with E-state index >= 15 is 0 Å². The first kappa shape index (κ1) is 72.6. The highest BCUT2D eigenvalue weighted by atomic mass is 32.2. The molecule has 2 unspecified atom stereocenters. The SMILES string of the molecule is CCC(C)c1cc([N+](=O)[O-])cc([N+](=O)[O-])c1O.CCC(C)c1cc([N+](=O)[O-])cc([N+](=O)[O-])c1OC(C)=O.CCN(CC)c1c([N+](=O)[O-])cc(C(F)(F)F)c(N)c1[N+](=O)[O-].COCCOc1ccccc1S(=O)(=O)NC(=O)Nc1nc(OC)nc(OC)n1. The summed E-state index contributed by atoms with van der Waals surface area (Å²) in [4.78, 5) is 95.7. The van der Waals surface area contributed by atoms with Crippen molar-refractivity contribution in [3.05, 3.63) is 132 Å². The number of carbonyl (C=O) groups is 2. The molecule has 0 radical (unpaired) electrons. The molecule has 0 saturated carbocycles. The summed E-state index contributed by atoms with van der Waals surface area (Å²) >= 11 is 0. The first-order chi connectivity index (χ1) is 40.6. The number of hydrogen-bond acceptors (Lipinski definition) is 27. The summed E-state index contributed by atoms with van der Waals surface area (Å²) in [5, 5.41) is 77.3. The monoisotopic (exact) mass is 1260 g/mol. The molecule has 35 nitrogen and oxygen atoms in total. The zero-order valence-corrected chi connectivity index (χ0v) is 48.5. The van der Waals surface area contributed by atoms with E-state index in [-0.39, 0.29) is 95.4 Å². The maximum absolute atomic E-state index is 12.9. The van der Waals surface area contributed by atoms with Crippen LogP contribution in [0.3, 0.4) is 0 Å². The lowest BCUT2D eigenvalue weighted by atomic mass is 9.96. The zero-order chi connectivity index (χ0) is 66.4. The smallest absolute Gasteiger partial charge is 0.418 e. The molecule has 0 aliphatic carbocycles. The number of esters is 1. The fourth-order valence-corrected chi connectivity index (χ4v) is 8.20. The number of phenolic OH excluding ortho intramolecular Hbond substituents is 1. The number of sulfonamides is 1. The predicted octanol–water partition coefficient (Wildman–Crippen LogP) is 9.04. The molecule has 0 spiro atoms. The van der Waals surface area contributed by atoms with E-state index in [0.717, 1.165) is 19.1 Å².